The van der Waals surface area contributed by atoms with Crippen LogP contribution in [-0.4, -0.2) is 92.7 Å². The van der Waals surface area contributed by atoms with E-state index in [-0.39, 0.29) is 74.1 Å². The highest BCUT2D eigenvalue weighted by Crippen LogP contribution is 2.40. The van der Waals surface area contributed by atoms with Crippen molar-refractivity contribution in [3.8, 4) is 11.5 Å². The van der Waals surface area contributed by atoms with E-state index in [1.165, 1.54) is 24.3 Å². The summed E-state index contributed by atoms with van der Waals surface area (Å²) in [5, 5.41) is 18.1. The summed E-state index contributed by atoms with van der Waals surface area (Å²) in [4.78, 5) is 73.9. The van der Waals surface area contributed by atoms with Crippen molar-refractivity contribution in [3.05, 3.63) is 82.3 Å². The highest BCUT2D eigenvalue weighted by molar-refractivity contribution is 5.99. The Labute approximate surface area is 356 Å². The number of carbonyl (C=O) groups is 5. The molecular weight excluding hydrogens is 805 g/mol. The number of carboxylic acid groups (broad SMARTS) is 1. The summed E-state index contributed by atoms with van der Waals surface area (Å²) < 4.78 is 21.4. The molecular formula is C41H52N12O9. The predicted octanol–water partition coefficient (Wildman–Crippen LogP) is 4.13. The van der Waals surface area contributed by atoms with Crippen molar-refractivity contribution in [2.75, 3.05) is 36.6 Å². The van der Waals surface area contributed by atoms with E-state index in [1.54, 1.807) is 16.4 Å². The molecule has 3 aromatic heterocycles. The maximum absolute atomic E-state index is 13.2. The Balaban J connectivity index is 0.000000517. The van der Waals surface area contributed by atoms with Gasteiger partial charge in [0.1, 0.15) is 22.7 Å². The topological polar surface area (TPSA) is 312 Å². The predicted molar refractivity (Wildman–Crippen MR) is 231 cm³/mol. The van der Waals surface area contributed by atoms with Gasteiger partial charge in [0.25, 0.3) is 5.91 Å². The molecule has 0 fully saturated rings. The largest absolute Gasteiger partial charge is 0.491 e. The van der Waals surface area contributed by atoms with Gasteiger partial charge in [0.15, 0.2) is 5.89 Å². The number of ether oxygens (including phenoxy) is 2. The molecule has 4 heterocycles. The number of fused-ring (bicyclic) bond motifs is 1. The number of aliphatic carboxylic acids is 1. The SMILES string of the molecule is C=Nc1cc(C(N)=O)cc2c1N(CNC(=O)c1oc(C)nc1CC)C/C=C/Cn1c(NC=O)nc3cc(C(N)=O)cc(c31)OCCCO2.Cc1cc(C)n(CCCC(=O)O)n1.N. The number of carboxylic acids is 1. The molecule has 62 heavy (non-hydrogen) atoms. The first-order valence-electron chi connectivity index (χ1n) is 19.4. The highest BCUT2D eigenvalue weighted by Gasteiger charge is 2.24. The number of carbonyl (C=O) groups excluding carboxylic acids is 4. The smallest absolute Gasteiger partial charge is 0.303 e. The molecule has 0 radical (unpaired) electrons. The minimum atomic E-state index is -0.749. The molecule has 0 unspecified atom stereocenters. The number of amides is 4. The van der Waals surface area contributed by atoms with Crippen LogP contribution >= 0.6 is 0 Å². The van der Waals surface area contributed by atoms with Crippen LogP contribution in [0.15, 0.2) is 51.9 Å². The third-order valence-corrected chi connectivity index (χ3v) is 9.33. The van der Waals surface area contributed by atoms with Gasteiger partial charge in [-0.25, -0.2) is 9.97 Å². The van der Waals surface area contributed by atoms with E-state index in [4.69, 9.17) is 30.5 Å². The van der Waals surface area contributed by atoms with Gasteiger partial charge < -0.3 is 51.4 Å². The molecule has 330 valence electrons. The maximum atomic E-state index is 13.2. The lowest BCUT2D eigenvalue weighted by atomic mass is 10.1. The number of nitrogens with two attached hydrogens (primary N) is 2. The second kappa shape index (κ2) is 21.6. The second-order valence-electron chi connectivity index (χ2n) is 13.8. The molecule has 0 saturated heterocycles. The number of benzene rings is 2. The standard InChI is InChI=1S/C32H35N9O7.C9H14N2O2.H3N/c1-4-21-28(48-18(2)38-21)31(45)36-16-40-8-5-6-9-41-27-23(39-32(41)37-17-42)13-20(30(34)44)15-25(27)47-11-7-10-46-24-14-19(29(33)43)12-22(35-3)26(24)40;1-7-6-8(2)11(10-7)5-3-4-9(12)13;/h5-6,12-15,17H,3-4,7-11,16H2,1-2H3,(H2,33,43)(H2,34,44)(H,36,45)(H,37,39,42);6H,3-5H2,1-2H3,(H,12,13);1H3/b6-5+;;. The minimum Gasteiger partial charge on any atom is -0.491 e. The molecule has 0 spiro atoms. The van der Waals surface area contributed by atoms with Gasteiger partial charge in [-0.1, -0.05) is 19.1 Å². The summed E-state index contributed by atoms with van der Waals surface area (Å²) >= 11 is 0. The molecule has 6 rings (SSSR count). The first-order valence-corrected chi connectivity index (χ1v) is 19.4. The first-order chi connectivity index (χ1) is 29.2. The van der Waals surface area contributed by atoms with Crippen LogP contribution in [0, 0.1) is 20.8 Å². The zero-order valence-corrected chi connectivity index (χ0v) is 35.1. The Morgan fingerprint density at radius 2 is 1.65 bits per heavy atom. The van der Waals surface area contributed by atoms with Crippen LogP contribution in [-0.2, 0) is 29.1 Å². The van der Waals surface area contributed by atoms with Crippen LogP contribution in [0.1, 0.15) is 80.4 Å². The molecule has 1 aliphatic heterocycles. The Morgan fingerprint density at radius 3 is 2.27 bits per heavy atom. The van der Waals surface area contributed by atoms with Gasteiger partial charge in [-0.3, -0.25) is 39.0 Å². The van der Waals surface area contributed by atoms with Crippen LogP contribution in [0.4, 0.5) is 17.3 Å². The maximum Gasteiger partial charge on any atom is 0.303 e. The number of hydrogen-bond donors (Lipinski definition) is 6. The van der Waals surface area contributed by atoms with Crippen LogP contribution in [0.5, 0.6) is 11.5 Å². The average Bonchev–Trinajstić information content (AvgIpc) is 3.89. The average molecular weight is 857 g/mol. The van der Waals surface area contributed by atoms with Crippen LogP contribution < -0.4 is 42.6 Å². The minimum absolute atomic E-state index is 0. The van der Waals surface area contributed by atoms with E-state index in [0.717, 1.165) is 11.4 Å². The molecule has 21 nitrogen and oxygen atoms in total. The third-order valence-electron chi connectivity index (χ3n) is 9.33. The fourth-order valence-corrected chi connectivity index (χ4v) is 6.56. The van der Waals surface area contributed by atoms with E-state index < -0.39 is 23.7 Å². The van der Waals surface area contributed by atoms with Gasteiger partial charge in [-0.2, -0.15) is 5.10 Å². The highest BCUT2D eigenvalue weighted by atomic mass is 16.5. The summed E-state index contributed by atoms with van der Waals surface area (Å²) in [5.74, 6) is -1.24. The molecule has 1 aliphatic rings. The molecule has 0 aliphatic carbocycles. The fraction of sp³-hybridized carbons (Fsp3) is 0.341. The van der Waals surface area contributed by atoms with Gasteiger partial charge in [0.2, 0.25) is 29.9 Å². The Hall–Kier alpha value is -7.55. The van der Waals surface area contributed by atoms with E-state index >= 15 is 0 Å². The molecule has 5 aromatic rings. The molecule has 2 aromatic carbocycles. The van der Waals surface area contributed by atoms with Crippen LogP contribution in [0.25, 0.3) is 11.0 Å². The quantitative estimate of drug-likeness (QED) is 0.0551. The van der Waals surface area contributed by atoms with E-state index in [9.17, 15) is 24.0 Å². The lowest BCUT2D eigenvalue weighted by molar-refractivity contribution is -0.137. The summed E-state index contributed by atoms with van der Waals surface area (Å²) in [5.41, 5.74) is 15.8. The molecule has 21 heteroatoms. The number of nitrogens with zero attached hydrogens (tertiary/aromatic N) is 7. The van der Waals surface area contributed by atoms with Gasteiger partial charge >= 0.3 is 5.97 Å². The Bertz CT molecular complexity index is 2470. The number of anilines is 2. The first kappa shape index (κ1) is 47.1. The molecule has 0 bridgehead atoms. The van der Waals surface area contributed by atoms with Crippen molar-refractivity contribution in [2.24, 2.45) is 16.5 Å². The lowest BCUT2D eigenvalue weighted by Gasteiger charge is -2.27. The van der Waals surface area contributed by atoms with Crippen molar-refractivity contribution in [3.63, 3.8) is 0 Å². The molecule has 0 atom stereocenters. The van der Waals surface area contributed by atoms with Crippen LogP contribution in [0.2, 0.25) is 0 Å². The molecule has 0 saturated carbocycles. The Morgan fingerprint density at radius 1 is 0.968 bits per heavy atom. The number of aromatic nitrogens is 5. The number of allylic oxidation sites excluding steroid dienone is 1. The third kappa shape index (κ3) is 11.6. The van der Waals surface area contributed by atoms with Gasteiger partial charge in [0.05, 0.1) is 42.5 Å². The monoisotopic (exact) mass is 856 g/mol. The number of nitrogens with one attached hydrogen (secondary N) is 2. The van der Waals surface area contributed by atoms with Crippen molar-refractivity contribution in [1.29, 1.82) is 0 Å². The zero-order chi connectivity index (χ0) is 44.2. The summed E-state index contributed by atoms with van der Waals surface area (Å²) in [6, 6.07) is 8.04. The van der Waals surface area contributed by atoms with Crippen molar-refractivity contribution < 1.29 is 43.0 Å². The second-order valence-corrected chi connectivity index (χ2v) is 13.8. The van der Waals surface area contributed by atoms with E-state index in [1.807, 2.05) is 43.7 Å². The van der Waals surface area contributed by atoms with Gasteiger partial charge in [-0.15, -0.1) is 0 Å². The normalized spacial score (nSPS) is 13.0. The van der Waals surface area contributed by atoms with E-state index in [0.29, 0.717) is 72.0 Å². The van der Waals surface area contributed by atoms with Gasteiger partial charge in [-0.05, 0) is 63.7 Å². The van der Waals surface area contributed by atoms with Crippen LogP contribution in [0.3, 0.4) is 0 Å². The number of aryl methyl sites for hydroxylation is 5. The number of imidazole rings is 1. The summed E-state index contributed by atoms with van der Waals surface area (Å²) in [7, 11) is 0. The van der Waals surface area contributed by atoms with Crippen molar-refractivity contribution in [2.45, 2.75) is 66.5 Å². The summed E-state index contributed by atoms with van der Waals surface area (Å²) in [6.45, 7) is 12.5. The van der Waals surface area contributed by atoms with Gasteiger partial charge in [0, 0.05) is 56.2 Å². The number of aliphatic imine (C=N–C) groups is 1. The fourth-order valence-electron chi connectivity index (χ4n) is 6.56. The number of primary amides is 2. The zero-order valence-electron chi connectivity index (χ0n) is 35.1. The number of rotatable bonds is 13. The molecule has 4 amide bonds. The Kier molecular flexibility index (Phi) is 16.4. The van der Waals surface area contributed by atoms with E-state index in [2.05, 4.69) is 37.4 Å². The van der Waals surface area contributed by atoms with Crippen molar-refractivity contribution in [1.82, 2.24) is 35.8 Å². The van der Waals surface area contributed by atoms with Crippen molar-refractivity contribution >= 4 is 65.2 Å². The summed E-state index contributed by atoms with van der Waals surface area (Å²) in [6.07, 6.45) is 5.87. The number of hydrogen-bond acceptors (Lipinski definition) is 14. The number of oxazole rings is 1. The molecule has 10 N–H and O–H groups in total. The lowest BCUT2D eigenvalue weighted by Crippen LogP contribution is -2.38.